The Hall–Kier alpha value is -5.25. The summed E-state index contributed by atoms with van der Waals surface area (Å²) in [5.74, 6) is 0.0807. The van der Waals surface area contributed by atoms with Crippen LogP contribution in [0.3, 0.4) is 0 Å². The number of hydrogen-bond donors (Lipinski definition) is 2. The van der Waals surface area contributed by atoms with E-state index < -0.39 is 33.6 Å². The maximum Gasteiger partial charge on any atom is 0.313 e. The van der Waals surface area contributed by atoms with Crippen LogP contribution in [0.4, 0.5) is 0 Å². The second kappa shape index (κ2) is 16.7. The molecule has 4 bridgehead atoms. The first kappa shape index (κ1) is 44.4. The summed E-state index contributed by atoms with van der Waals surface area (Å²) in [5.41, 5.74) is 1.54. The Labute approximate surface area is 372 Å². The first-order valence-electron chi connectivity index (χ1n) is 22.6. The van der Waals surface area contributed by atoms with E-state index in [2.05, 4.69) is 19.9 Å². The molecular weight excluding hydrogens is 791 g/mol. The van der Waals surface area contributed by atoms with Gasteiger partial charge in [0.1, 0.15) is 11.5 Å². The molecule has 4 aromatic rings. The standard InChI is InChI=1S/C54H63NO8/c1-35-12-11-26-51(4)45(43-24-16-36(30-41(56)22-15-35)31-44(43)47(57)39-19-17-38(18-20-39)37-13-9-8-10-14-37)25-27-53(51,60)34-55(33-40-21-23-42(61-6)32-46(40)62-7)48(58)54-29-28-52(5,49(59)63-54)50(54,2)3/h8-10,12-14,16-21,23-24,31-32,41,45,56,60H,11,15,22,25-30,33-34H2,1-7H3/t41-,45-,51-,52-,53+,54+/m0/s1. The van der Waals surface area contributed by atoms with Gasteiger partial charge in [0.05, 0.1) is 37.9 Å². The molecule has 5 aliphatic rings. The predicted octanol–water partition coefficient (Wildman–Crippen LogP) is 9.79. The number of fused-ring (bicyclic) bond motifs is 10. The van der Waals surface area contributed by atoms with Crippen molar-refractivity contribution in [2.45, 2.75) is 122 Å². The van der Waals surface area contributed by atoms with Gasteiger partial charge in [0.2, 0.25) is 0 Å². The number of benzene rings is 4. The number of aliphatic hydroxyl groups excluding tert-OH is 1. The van der Waals surface area contributed by atoms with E-state index in [9.17, 15) is 19.8 Å². The average molecular weight is 854 g/mol. The summed E-state index contributed by atoms with van der Waals surface area (Å²) >= 11 is 0. The largest absolute Gasteiger partial charge is 0.497 e. The van der Waals surface area contributed by atoms with Gasteiger partial charge in [0.15, 0.2) is 11.4 Å². The Morgan fingerprint density at radius 1 is 0.841 bits per heavy atom. The number of carbonyl (C=O) groups excluding carboxylic acids is 3. The molecule has 1 heterocycles. The molecule has 3 fully saturated rings. The van der Waals surface area contributed by atoms with Crippen LogP contribution in [0.25, 0.3) is 11.1 Å². The van der Waals surface area contributed by atoms with E-state index >= 15 is 4.79 Å². The van der Waals surface area contributed by atoms with Crippen molar-refractivity contribution in [2.24, 2.45) is 16.2 Å². The number of ketones is 1. The summed E-state index contributed by atoms with van der Waals surface area (Å²) in [6.07, 6.45) is 6.47. The summed E-state index contributed by atoms with van der Waals surface area (Å²) in [4.78, 5) is 45.7. The Morgan fingerprint density at radius 3 is 2.24 bits per heavy atom. The van der Waals surface area contributed by atoms with E-state index in [1.165, 1.54) is 5.57 Å². The number of rotatable bonds is 10. The lowest BCUT2D eigenvalue weighted by Gasteiger charge is -2.47. The zero-order chi connectivity index (χ0) is 45.0. The van der Waals surface area contributed by atoms with Gasteiger partial charge in [-0.15, -0.1) is 0 Å². The van der Waals surface area contributed by atoms with E-state index in [0.29, 0.717) is 74.0 Å². The van der Waals surface area contributed by atoms with Crippen molar-refractivity contribution < 1.29 is 38.8 Å². The first-order valence-corrected chi connectivity index (χ1v) is 22.6. The molecule has 0 radical (unpaired) electrons. The topological polar surface area (TPSA) is 123 Å². The van der Waals surface area contributed by atoms with Crippen LogP contribution in [0.1, 0.15) is 125 Å². The fraction of sp³-hybridized carbons (Fsp3) is 0.463. The SMILES string of the molecule is COc1ccc(CN(C[C@]2(O)CC[C@H]3c4ccc(cc4C(=O)c4ccc(-c5ccccc5)cc4)C[C@@H](O)CCC(C)=CCC[C@@]32C)C(=O)[C@@]23CC[C@@](C)(C(=O)O2)C3(C)C)c(OC)c1. The highest BCUT2D eigenvalue weighted by atomic mass is 16.6. The molecule has 0 aromatic heterocycles. The van der Waals surface area contributed by atoms with Crippen LogP contribution < -0.4 is 9.47 Å². The van der Waals surface area contributed by atoms with Gasteiger partial charge in [-0.3, -0.25) is 14.4 Å². The lowest BCUT2D eigenvalue weighted by Crippen LogP contribution is -2.60. The number of nitrogens with zero attached hydrogens (tertiary/aromatic N) is 1. The summed E-state index contributed by atoms with van der Waals surface area (Å²) in [6.45, 7) is 10.1. The molecule has 0 unspecified atom stereocenters. The normalized spacial score (nSPS) is 28.7. The Morgan fingerprint density at radius 2 is 1.57 bits per heavy atom. The van der Waals surface area contributed by atoms with E-state index in [1.807, 2.05) is 106 Å². The van der Waals surface area contributed by atoms with E-state index in [-0.39, 0.29) is 36.7 Å². The molecule has 332 valence electrons. The number of ether oxygens (including phenoxy) is 3. The lowest BCUT2D eigenvalue weighted by atomic mass is 9.64. The summed E-state index contributed by atoms with van der Waals surface area (Å²) in [6, 6.07) is 29.3. The van der Waals surface area contributed by atoms with Crippen LogP contribution in [0.5, 0.6) is 11.5 Å². The number of amides is 1. The van der Waals surface area contributed by atoms with Crippen molar-refractivity contribution in [1.29, 1.82) is 0 Å². The fourth-order valence-electron chi connectivity index (χ4n) is 11.5. The number of methoxy groups -OCH3 is 2. The minimum atomic E-state index is -1.43. The van der Waals surface area contributed by atoms with Gasteiger partial charge in [-0.1, -0.05) is 99.2 Å². The van der Waals surface area contributed by atoms with Crippen molar-refractivity contribution in [2.75, 3.05) is 20.8 Å². The van der Waals surface area contributed by atoms with Gasteiger partial charge in [0, 0.05) is 40.1 Å². The molecule has 2 N–H and O–H groups in total. The average Bonchev–Trinajstić information content (AvgIpc) is 3.72. The maximum absolute atomic E-state index is 15.5. The molecule has 1 aliphatic heterocycles. The zero-order valence-corrected chi connectivity index (χ0v) is 38.0. The zero-order valence-electron chi connectivity index (χ0n) is 38.0. The van der Waals surface area contributed by atoms with Crippen LogP contribution >= 0.6 is 0 Å². The second-order valence-electron chi connectivity index (χ2n) is 19.7. The smallest absolute Gasteiger partial charge is 0.313 e. The molecule has 0 spiro atoms. The van der Waals surface area contributed by atoms with Crippen molar-refractivity contribution in [3.05, 3.63) is 130 Å². The van der Waals surface area contributed by atoms with Crippen molar-refractivity contribution >= 4 is 17.7 Å². The first-order chi connectivity index (χ1) is 30.0. The predicted molar refractivity (Wildman–Crippen MR) is 244 cm³/mol. The van der Waals surface area contributed by atoms with Crippen LogP contribution in [-0.4, -0.2) is 70.8 Å². The molecule has 1 amide bonds. The minimum Gasteiger partial charge on any atom is -0.497 e. The van der Waals surface area contributed by atoms with E-state index in [4.69, 9.17) is 14.2 Å². The number of esters is 1. The van der Waals surface area contributed by atoms with Crippen molar-refractivity contribution in [3.8, 4) is 22.6 Å². The van der Waals surface area contributed by atoms with E-state index in [0.717, 1.165) is 34.2 Å². The number of hydrogen-bond acceptors (Lipinski definition) is 8. The fourth-order valence-corrected chi connectivity index (χ4v) is 11.5. The summed E-state index contributed by atoms with van der Waals surface area (Å²) in [5, 5.41) is 24.7. The number of aliphatic hydroxyl groups is 2. The molecule has 4 aromatic carbocycles. The molecule has 9 heteroatoms. The molecular formula is C54H63NO8. The van der Waals surface area contributed by atoms with Gasteiger partial charge >= 0.3 is 5.97 Å². The molecule has 2 saturated carbocycles. The molecule has 1 saturated heterocycles. The quantitative estimate of drug-likeness (QED) is 0.0919. The van der Waals surface area contributed by atoms with Crippen LogP contribution in [-0.2, 0) is 27.3 Å². The molecule has 63 heavy (non-hydrogen) atoms. The van der Waals surface area contributed by atoms with Gasteiger partial charge in [0.25, 0.3) is 5.91 Å². The van der Waals surface area contributed by atoms with Crippen LogP contribution in [0, 0.1) is 16.2 Å². The third-order valence-electron chi connectivity index (χ3n) is 16.2. The highest BCUT2D eigenvalue weighted by Gasteiger charge is 2.76. The van der Waals surface area contributed by atoms with Gasteiger partial charge < -0.3 is 29.3 Å². The summed E-state index contributed by atoms with van der Waals surface area (Å²) in [7, 11) is 3.17. The van der Waals surface area contributed by atoms with E-state index in [1.54, 1.807) is 25.2 Å². The number of allylic oxidation sites excluding steroid dienone is 2. The van der Waals surface area contributed by atoms with Gasteiger partial charge in [-0.2, -0.15) is 0 Å². The highest BCUT2D eigenvalue weighted by molar-refractivity contribution is 6.10. The minimum absolute atomic E-state index is 0.0304. The Bertz CT molecular complexity index is 2420. The molecule has 6 atom stereocenters. The monoisotopic (exact) mass is 853 g/mol. The molecule has 4 aliphatic carbocycles. The van der Waals surface area contributed by atoms with Crippen LogP contribution in [0.2, 0.25) is 0 Å². The maximum atomic E-state index is 15.5. The van der Waals surface area contributed by atoms with Crippen molar-refractivity contribution in [1.82, 2.24) is 4.90 Å². The summed E-state index contributed by atoms with van der Waals surface area (Å²) < 4.78 is 17.5. The lowest BCUT2D eigenvalue weighted by molar-refractivity contribution is -0.178. The molecule has 9 nitrogen and oxygen atoms in total. The third-order valence-corrected chi connectivity index (χ3v) is 16.2. The van der Waals surface area contributed by atoms with Crippen LogP contribution in [0.15, 0.2) is 103 Å². The third kappa shape index (κ3) is 7.49. The highest BCUT2D eigenvalue weighted by Crippen LogP contribution is 2.66. The Kier molecular flexibility index (Phi) is 11.8. The Balaban J connectivity index is 1.22. The van der Waals surface area contributed by atoms with Crippen molar-refractivity contribution in [3.63, 3.8) is 0 Å². The molecule has 9 rings (SSSR count). The number of carbonyl (C=O) groups is 3. The van der Waals surface area contributed by atoms with Gasteiger partial charge in [-0.25, -0.2) is 0 Å². The van der Waals surface area contributed by atoms with Gasteiger partial charge in [-0.05, 0) is 118 Å². The second-order valence-corrected chi connectivity index (χ2v) is 19.7.